The van der Waals surface area contributed by atoms with Crippen molar-refractivity contribution in [3.8, 4) is 6.07 Å². The van der Waals surface area contributed by atoms with Crippen LogP contribution >= 0.6 is 11.8 Å². The van der Waals surface area contributed by atoms with E-state index in [2.05, 4.69) is 35.1 Å². The molecule has 2 aromatic rings. The number of nitrogens with one attached hydrogen (secondary N) is 1. The minimum absolute atomic E-state index is 0.114. The second-order valence-electron chi connectivity index (χ2n) is 6.30. The zero-order chi connectivity index (χ0) is 20.0. The maximum atomic E-state index is 12.3. The van der Waals surface area contributed by atoms with Gasteiger partial charge in [0.15, 0.2) is 0 Å². The molecule has 0 spiro atoms. The zero-order valence-electron chi connectivity index (χ0n) is 16.6. The first kappa shape index (κ1) is 20.8. The molecule has 0 aliphatic rings. The number of pyridine rings is 1. The van der Waals surface area contributed by atoms with Gasteiger partial charge >= 0.3 is 0 Å². The van der Waals surface area contributed by atoms with Crippen LogP contribution in [0, 0.1) is 32.1 Å². The van der Waals surface area contributed by atoms with Crippen LogP contribution in [0.15, 0.2) is 29.3 Å². The molecular weight excluding hydrogens is 356 g/mol. The van der Waals surface area contributed by atoms with E-state index in [9.17, 15) is 10.1 Å². The van der Waals surface area contributed by atoms with Gasteiger partial charge in [-0.2, -0.15) is 5.26 Å². The topological polar surface area (TPSA) is 69.0 Å². The molecule has 1 amide bonds. The minimum Gasteiger partial charge on any atom is -0.372 e. The first-order valence-electron chi connectivity index (χ1n) is 9.06. The van der Waals surface area contributed by atoms with E-state index < -0.39 is 0 Å². The molecule has 0 aliphatic carbocycles. The van der Waals surface area contributed by atoms with Crippen LogP contribution in [0.1, 0.15) is 36.2 Å². The summed E-state index contributed by atoms with van der Waals surface area (Å²) in [6, 6.07) is 10.1. The highest BCUT2D eigenvalue weighted by atomic mass is 32.2. The van der Waals surface area contributed by atoms with Crippen molar-refractivity contribution in [2.45, 2.75) is 39.6 Å². The van der Waals surface area contributed by atoms with Crippen molar-refractivity contribution < 1.29 is 4.79 Å². The molecule has 0 unspecified atom stereocenters. The Bertz CT molecular complexity index is 852. The largest absolute Gasteiger partial charge is 0.372 e. The average molecular weight is 383 g/mol. The number of carbonyl (C=O) groups is 1. The second-order valence-corrected chi connectivity index (χ2v) is 7.26. The quantitative estimate of drug-likeness (QED) is 0.716. The molecule has 0 atom stereocenters. The smallest absolute Gasteiger partial charge is 0.234 e. The number of hydrogen-bond donors (Lipinski definition) is 1. The Morgan fingerprint density at radius 3 is 2.33 bits per heavy atom. The number of amides is 1. The Labute approximate surface area is 165 Å². The van der Waals surface area contributed by atoms with Gasteiger partial charge in [0.2, 0.25) is 5.91 Å². The Morgan fingerprint density at radius 1 is 1.15 bits per heavy atom. The van der Waals surface area contributed by atoms with E-state index in [1.807, 2.05) is 45.0 Å². The Kier molecular flexibility index (Phi) is 7.26. The SMILES string of the molecule is CCN(CC)c1ccc(NC(=O)CSc2nc(C)c(C)c(C)c2C#N)cc1. The van der Waals surface area contributed by atoms with Crippen LogP contribution in [0.2, 0.25) is 0 Å². The third kappa shape index (κ3) is 5.01. The Hall–Kier alpha value is -2.52. The molecule has 6 heteroatoms. The van der Waals surface area contributed by atoms with Crippen molar-refractivity contribution in [3.63, 3.8) is 0 Å². The Balaban J connectivity index is 2.02. The highest BCUT2D eigenvalue weighted by molar-refractivity contribution is 8.00. The van der Waals surface area contributed by atoms with Crippen LogP contribution in [-0.2, 0) is 4.79 Å². The molecular formula is C21H26N4OS. The first-order chi connectivity index (χ1) is 12.9. The molecule has 0 saturated heterocycles. The van der Waals surface area contributed by atoms with Crippen molar-refractivity contribution in [1.82, 2.24) is 4.98 Å². The van der Waals surface area contributed by atoms with Gasteiger partial charge in [-0.25, -0.2) is 4.98 Å². The van der Waals surface area contributed by atoms with E-state index in [1.54, 1.807) is 0 Å². The molecule has 0 bridgehead atoms. The molecule has 0 aliphatic heterocycles. The normalized spacial score (nSPS) is 10.4. The van der Waals surface area contributed by atoms with Crippen molar-refractivity contribution in [3.05, 3.63) is 46.6 Å². The molecule has 1 N–H and O–H groups in total. The number of aryl methyl sites for hydroxylation is 1. The van der Waals surface area contributed by atoms with Gasteiger partial charge in [-0.15, -0.1) is 0 Å². The van der Waals surface area contributed by atoms with Crippen LogP contribution in [0.25, 0.3) is 0 Å². The lowest BCUT2D eigenvalue weighted by molar-refractivity contribution is -0.113. The molecule has 1 aromatic heterocycles. The second kappa shape index (κ2) is 9.43. The molecule has 27 heavy (non-hydrogen) atoms. The third-order valence-corrected chi connectivity index (χ3v) is 5.67. The number of benzene rings is 1. The lowest BCUT2D eigenvalue weighted by Crippen LogP contribution is -2.21. The van der Waals surface area contributed by atoms with Gasteiger partial charge in [0.25, 0.3) is 0 Å². The van der Waals surface area contributed by atoms with Gasteiger partial charge in [-0.1, -0.05) is 11.8 Å². The van der Waals surface area contributed by atoms with E-state index in [0.29, 0.717) is 10.6 Å². The van der Waals surface area contributed by atoms with E-state index in [0.717, 1.165) is 41.3 Å². The molecule has 0 fully saturated rings. The molecule has 0 saturated carbocycles. The summed E-state index contributed by atoms with van der Waals surface area (Å²) >= 11 is 1.30. The fraction of sp³-hybridized carbons (Fsp3) is 0.381. The van der Waals surface area contributed by atoms with E-state index in [4.69, 9.17) is 0 Å². The summed E-state index contributed by atoms with van der Waals surface area (Å²) in [5, 5.41) is 12.9. The summed E-state index contributed by atoms with van der Waals surface area (Å²) in [5.74, 6) is 0.0960. The number of nitrogens with zero attached hydrogens (tertiary/aromatic N) is 3. The van der Waals surface area contributed by atoms with Crippen LogP contribution in [0.3, 0.4) is 0 Å². The number of aromatic nitrogens is 1. The molecule has 142 valence electrons. The van der Waals surface area contributed by atoms with Crippen LogP contribution in [-0.4, -0.2) is 29.7 Å². The maximum absolute atomic E-state index is 12.3. The van der Waals surface area contributed by atoms with Crippen molar-refractivity contribution in [2.75, 3.05) is 29.1 Å². The van der Waals surface area contributed by atoms with Gasteiger partial charge in [-0.3, -0.25) is 4.79 Å². The van der Waals surface area contributed by atoms with Crippen molar-refractivity contribution >= 4 is 29.0 Å². The number of hydrogen-bond acceptors (Lipinski definition) is 5. The number of rotatable bonds is 7. The highest BCUT2D eigenvalue weighted by Gasteiger charge is 2.14. The third-order valence-electron chi connectivity index (χ3n) is 4.69. The number of nitriles is 1. The molecule has 0 radical (unpaired) electrons. The van der Waals surface area contributed by atoms with E-state index >= 15 is 0 Å². The lowest BCUT2D eigenvalue weighted by atomic mass is 10.1. The van der Waals surface area contributed by atoms with Gasteiger partial charge < -0.3 is 10.2 Å². The summed E-state index contributed by atoms with van der Waals surface area (Å²) in [6.45, 7) is 11.9. The summed E-state index contributed by atoms with van der Waals surface area (Å²) in [6.07, 6.45) is 0. The molecule has 1 aromatic carbocycles. The Morgan fingerprint density at radius 2 is 1.78 bits per heavy atom. The standard InChI is InChI=1S/C21H26N4OS/c1-6-25(7-2)18-10-8-17(9-11-18)24-20(26)13-27-21-19(12-22)15(4)14(3)16(5)23-21/h8-11H,6-7,13H2,1-5H3,(H,24,26). The number of carbonyl (C=O) groups excluding carboxylic acids is 1. The zero-order valence-corrected chi connectivity index (χ0v) is 17.4. The summed E-state index contributed by atoms with van der Waals surface area (Å²) < 4.78 is 0. The summed E-state index contributed by atoms with van der Waals surface area (Å²) in [4.78, 5) is 19.0. The molecule has 1 heterocycles. The first-order valence-corrected chi connectivity index (χ1v) is 10.0. The van der Waals surface area contributed by atoms with Crippen molar-refractivity contribution in [2.24, 2.45) is 0 Å². The highest BCUT2D eigenvalue weighted by Crippen LogP contribution is 2.26. The summed E-state index contributed by atoms with van der Waals surface area (Å²) in [7, 11) is 0. The van der Waals surface area contributed by atoms with Gasteiger partial charge in [0.05, 0.1) is 11.3 Å². The van der Waals surface area contributed by atoms with Crippen LogP contribution in [0.5, 0.6) is 0 Å². The lowest BCUT2D eigenvalue weighted by Gasteiger charge is -2.21. The molecule has 2 rings (SSSR count). The van der Waals surface area contributed by atoms with Gasteiger partial charge in [0, 0.05) is 30.2 Å². The van der Waals surface area contributed by atoms with Crippen LogP contribution in [0.4, 0.5) is 11.4 Å². The van der Waals surface area contributed by atoms with Crippen molar-refractivity contribution in [1.29, 1.82) is 5.26 Å². The fourth-order valence-electron chi connectivity index (χ4n) is 2.82. The minimum atomic E-state index is -0.114. The maximum Gasteiger partial charge on any atom is 0.234 e. The number of thioether (sulfide) groups is 1. The number of anilines is 2. The van der Waals surface area contributed by atoms with E-state index in [-0.39, 0.29) is 11.7 Å². The van der Waals surface area contributed by atoms with Gasteiger partial charge in [-0.05, 0) is 70.0 Å². The van der Waals surface area contributed by atoms with E-state index in [1.165, 1.54) is 11.8 Å². The summed E-state index contributed by atoms with van der Waals surface area (Å²) in [5.41, 5.74) is 5.30. The monoisotopic (exact) mass is 382 g/mol. The average Bonchev–Trinajstić information content (AvgIpc) is 2.67. The fourth-order valence-corrected chi connectivity index (χ4v) is 3.71. The predicted octanol–water partition coefficient (Wildman–Crippen LogP) is 4.46. The van der Waals surface area contributed by atoms with Gasteiger partial charge in [0.1, 0.15) is 11.1 Å². The predicted molar refractivity (Wildman–Crippen MR) is 113 cm³/mol. The van der Waals surface area contributed by atoms with Crippen LogP contribution < -0.4 is 10.2 Å². The molecule has 5 nitrogen and oxygen atoms in total.